The van der Waals surface area contributed by atoms with Crippen LogP contribution in [0, 0.1) is 6.92 Å². The smallest absolute Gasteiger partial charge is 0.105 e. The van der Waals surface area contributed by atoms with Crippen LogP contribution in [0.2, 0.25) is 0 Å². The fourth-order valence-corrected chi connectivity index (χ4v) is 1.61. The molecule has 0 bridgehead atoms. The van der Waals surface area contributed by atoms with Gasteiger partial charge in [-0.2, -0.15) is 0 Å². The molecule has 1 aromatic heterocycles. The van der Waals surface area contributed by atoms with Crippen LogP contribution in [0.3, 0.4) is 0 Å². The maximum absolute atomic E-state index is 10.0. The minimum atomic E-state index is -0.534. The Morgan fingerprint density at radius 3 is 2.62 bits per heavy atom. The summed E-state index contributed by atoms with van der Waals surface area (Å²) in [5.74, 6) is 0.898. The van der Waals surface area contributed by atoms with Gasteiger partial charge in [-0.1, -0.05) is 12.1 Å². The topological polar surface area (TPSA) is 64.1 Å². The highest BCUT2D eigenvalue weighted by Crippen LogP contribution is 2.17. The summed E-state index contributed by atoms with van der Waals surface area (Å²) in [5.41, 5.74) is 7.16. The average molecular weight is 217 g/mol. The number of aliphatic hydroxyl groups is 1. The Hall–Kier alpha value is -1.81. The van der Waals surface area contributed by atoms with Crippen LogP contribution in [0.1, 0.15) is 17.5 Å². The van der Waals surface area contributed by atoms with Crippen LogP contribution in [-0.2, 0) is 6.54 Å². The number of rotatable bonds is 3. The van der Waals surface area contributed by atoms with E-state index in [1.165, 1.54) is 0 Å². The first-order chi connectivity index (χ1) is 7.66. The Labute approximate surface area is 94.4 Å². The van der Waals surface area contributed by atoms with Gasteiger partial charge in [-0.15, -0.1) is 0 Å². The molecule has 4 nitrogen and oxygen atoms in total. The van der Waals surface area contributed by atoms with Crippen molar-refractivity contribution >= 4 is 5.69 Å². The summed E-state index contributed by atoms with van der Waals surface area (Å²) in [6.45, 7) is 2.42. The molecule has 3 N–H and O–H groups in total. The second-order valence-corrected chi connectivity index (χ2v) is 3.81. The summed E-state index contributed by atoms with van der Waals surface area (Å²) in [6.07, 6.45) is 3.05. The van der Waals surface area contributed by atoms with E-state index in [1.807, 2.05) is 29.8 Å². The Balaban J connectivity index is 2.11. The molecule has 0 aliphatic rings. The maximum Gasteiger partial charge on any atom is 0.105 e. The molecular weight excluding hydrogens is 202 g/mol. The second-order valence-electron chi connectivity index (χ2n) is 3.81. The van der Waals surface area contributed by atoms with Crippen molar-refractivity contribution in [3.05, 3.63) is 48.0 Å². The fourth-order valence-electron chi connectivity index (χ4n) is 1.61. The molecule has 1 heterocycles. The van der Waals surface area contributed by atoms with Crippen molar-refractivity contribution in [1.29, 1.82) is 0 Å². The van der Waals surface area contributed by atoms with Crippen LogP contribution in [0.5, 0.6) is 0 Å². The second kappa shape index (κ2) is 4.37. The van der Waals surface area contributed by atoms with Gasteiger partial charge in [0.05, 0.1) is 12.6 Å². The van der Waals surface area contributed by atoms with Gasteiger partial charge >= 0.3 is 0 Å². The van der Waals surface area contributed by atoms with Crippen LogP contribution in [-0.4, -0.2) is 14.7 Å². The number of nitrogen functional groups attached to an aromatic ring is 1. The first kappa shape index (κ1) is 10.7. The van der Waals surface area contributed by atoms with E-state index >= 15 is 0 Å². The molecule has 4 heteroatoms. The van der Waals surface area contributed by atoms with Gasteiger partial charge < -0.3 is 15.4 Å². The van der Waals surface area contributed by atoms with E-state index in [4.69, 9.17) is 5.73 Å². The molecule has 0 spiro atoms. The lowest BCUT2D eigenvalue weighted by Crippen LogP contribution is -2.09. The molecule has 0 aliphatic heterocycles. The van der Waals surface area contributed by atoms with Crippen LogP contribution in [0.25, 0.3) is 0 Å². The molecule has 0 radical (unpaired) electrons. The van der Waals surface area contributed by atoms with Gasteiger partial charge in [0.2, 0.25) is 0 Å². The predicted molar refractivity (Wildman–Crippen MR) is 62.8 cm³/mol. The highest BCUT2D eigenvalue weighted by atomic mass is 16.3. The largest absolute Gasteiger partial charge is 0.399 e. The molecule has 16 heavy (non-hydrogen) atoms. The lowest BCUT2D eigenvalue weighted by Gasteiger charge is -2.13. The van der Waals surface area contributed by atoms with Gasteiger partial charge in [0.1, 0.15) is 5.82 Å². The maximum atomic E-state index is 10.0. The molecule has 1 atom stereocenters. The van der Waals surface area contributed by atoms with E-state index in [-0.39, 0.29) is 0 Å². The number of aromatic nitrogens is 2. The predicted octanol–water partition coefficient (Wildman–Crippen LogP) is 1.51. The van der Waals surface area contributed by atoms with Gasteiger partial charge in [0.25, 0.3) is 0 Å². The monoisotopic (exact) mass is 217 g/mol. The number of hydrogen-bond acceptors (Lipinski definition) is 3. The number of aryl methyl sites for hydroxylation is 1. The van der Waals surface area contributed by atoms with Gasteiger partial charge in [-0.3, -0.25) is 0 Å². The number of aliphatic hydroxyl groups excluding tert-OH is 1. The van der Waals surface area contributed by atoms with Gasteiger partial charge in [-0.25, -0.2) is 4.98 Å². The molecular formula is C12H15N3O. The quantitative estimate of drug-likeness (QED) is 0.766. The van der Waals surface area contributed by atoms with Crippen molar-refractivity contribution in [2.75, 3.05) is 5.73 Å². The summed E-state index contributed by atoms with van der Waals surface area (Å²) < 4.78 is 1.92. The van der Waals surface area contributed by atoms with Crippen molar-refractivity contribution in [3.8, 4) is 0 Å². The zero-order valence-corrected chi connectivity index (χ0v) is 9.17. The van der Waals surface area contributed by atoms with E-state index in [2.05, 4.69) is 4.98 Å². The summed E-state index contributed by atoms with van der Waals surface area (Å²) in [4.78, 5) is 4.11. The number of imidazole rings is 1. The number of nitrogens with two attached hydrogens (primary N) is 1. The molecule has 2 aromatic rings. The van der Waals surface area contributed by atoms with Crippen LogP contribution in [0.4, 0.5) is 5.69 Å². The number of anilines is 1. The Morgan fingerprint density at radius 2 is 2.06 bits per heavy atom. The molecule has 0 saturated carbocycles. The van der Waals surface area contributed by atoms with Crippen LogP contribution in [0.15, 0.2) is 36.7 Å². The number of nitrogens with zero attached hydrogens (tertiary/aromatic N) is 2. The molecule has 2 rings (SSSR count). The minimum absolute atomic E-state index is 0.510. The third kappa shape index (κ3) is 2.23. The molecule has 0 amide bonds. The lowest BCUT2D eigenvalue weighted by atomic mass is 10.1. The highest BCUT2D eigenvalue weighted by Gasteiger charge is 2.09. The number of benzene rings is 1. The van der Waals surface area contributed by atoms with E-state index in [0.717, 1.165) is 11.4 Å². The van der Waals surface area contributed by atoms with E-state index in [9.17, 15) is 5.11 Å². The lowest BCUT2D eigenvalue weighted by molar-refractivity contribution is 0.155. The molecule has 84 valence electrons. The summed E-state index contributed by atoms with van der Waals surface area (Å²) in [5, 5.41) is 10.0. The average Bonchev–Trinajstić information content (AvgIpc) is 2.65. The Bertz CT molecular complexity index is 461. The Kier molecular flexibility index (Phi) is 2.92. The minimum Gasteiger partial charge on any atom is -0.399 e. The van der Waals surface area contributed by atoms with Crippen molar-refractivity contribution in [3.63, 3.8) is 0 Å². The van der Waals surface area contributed by atoms with Gasteiger partial charge in [0.15, 0.2) is 0 Å². The normalized spacial score (nSPS) is 12.6. The van der Waals surface area contributed by atoms with E-state index < -0.39 is 6.10 Å². The van der Waals surface area contributed by atoms with E-state index in [0.29, 0.717) is 12.2 Å². The summed E-state index contributed by atoms with van der Waals surface area (Å²) in [7, 11) is 0. The zero-order valence-electron chi connectivity index (χ0n) is 9.17. The summed E-state index contributed by atoms with van der Waals surface area (Å²) >= 11 is 0. The molecule has 0 aliphatic carbocycles. The SMILES string of the molecule is Cc1nccn1CC(O)c1ccc(N)cc1. The van der Waals surface area contributed by atoms with E-state index in [1.54, 1.807) is 18.3 Å². The van der Waals surface area contributed by atoms with Crippen LogP contribution >= 0.6 is 0 Å². The zero-order chi connectivity index (χ0) is 11.5. The number of hydrogen-bond donors (Lipinski definition) is 2. The third-order valence-electron chi connectivity index (χ3n) is 2.61. The third-order valence-corrected chi connectivity index (χ3v) is 2.61. The van der Waals surface area contributed by atoms with Crippen molar-refractivity contribution in [1.82, 2.24) is 9.55 Å². The highest BCUT2D eigenvalue weighted by molar-refractivity contribution is 5.39. The first-order valence-electron chi connectivity index (χ1n) is 5.18. The summed E-state index contributed by atoms with van der Waals surface area (Å²) in [6, 6.07) is 7.26. The van der Waals surface area contributed by atoms with Crippen molar-refractivity contribution in [2.45, 2.75) is 19.6 Å². The van der Waals surface area contributed by atoms with Crippen molar-refractivity contribution in [2.24, 2.45) is 0 Å². The molecule has 0 fully saturated rings. The molecule has 1 unspecified atom stereocenters. The van der Waals surface area contributed by atoms with Crippen molar-refractivity contribution < 1.29 is 5.11 Å². The molecule has 1 aromatic carbocycles. The van der Waals surface area contributed by atoms with Gasteiger partial charge in [-0.05, 0) is 24.6 Å². The fraction of sp³-hybridized carbons (Fsp3) is 0.250. The standard InChI is InChI=1S/C12H15N3O/c1-9-14-6-7-15(9)8-12(16)10-2-4-11(13)5-3-10/h2-7,12,16H,8,13H2,1H3. The Morgan fingerprint density at radius 1 is 1.38 bits per heavy atom. The first-order valence-corrected chi connectivity index (χ1v) is 5.18. The van der Waals surface area contributed by atoms with Crippen LogP contribution < -0.4 is 5.73 Å². The van der Waals surface area contributed by atoms with Gasteiger partial charge in [0, 0.05) is 18.1 Å². The molecule has 0 saturated heterocycles.